The number of rotatable bonds is 4. The molecule has 0 saturated carbocycles. The number of hydrogen-bond donors (Lipinski definition) is 1. The van der Waals surface area contributed by atoms with Crippen LogP contribution >= 0.6 is 0 Å². The summed E-state index contributed by atoms with van der Waals surface area (Å²) in [5.74, 6) is -0.282. The Morgan fingerprint density at radius 2 is 2.07 bits per heavy atom. The average molecular weight is 212 g/mol. The van der Waals surface area contributed by atoms with Gasteiger partial charge in [-0.3, -0.25) is 0 Å². The fourth-order valence-corrected chi connectivity index (χ4v) is 1.33. The van der Waals surface area contributed by atoms with Crippen LogP contribution in [0.4, 0.5) is 4.39 Å². The molecule has 0 spiro atoms. The molecule has 0 aliphatic carbocycles. The fraction of sp³-hybridized carbons (Fsp3) is 0.500. The molecule has 0 saturated heterocycles. The summed E-state index contributed by atoms with van der Waals surface area (Å²) in [6.45, 7) is 4.01. The number of benzene rings is 1. The van der Waals surface area contributed by atoms with E-state index in [1.54, 1.807) is 6.07 Å². The van der Waals surface area contributed by atoms with E-state index in [1.165, 1.54) is 13.2 Å². The topological polar surface area (TPSA) is 29.5 Å². The predicted octanol–water partition coefficient (Wildman–Crippen LogP) is 2.24. The van der Waals surface area contributed by atoms with Crippen molar-refractivity contribution in [2.24, 2.45) is 0 Å². The van der Waals surface area contributed by atoms with E-state index in [1.807, 2.05) is 19.9 Å². The molecule has 2 nitrogen and oxygen atoms in total. The van der Waals surface area contributed by atoms with Gasteiger partial charge in [-0.25, -0.2) is 4.39 Å². The summed E-state index contributed by atoms with van der Waals surface area (Å²) >= 11 is 0. The zero-order chi connectivity index (χ0) is 11.5. The zero-order valence-corrected chi connectivity index (χ0v) is 9.38. The predicted molar refractivity (Wildman–Crippen MR) is 57.2 cm³/mol. The van der Waals surface area contributed by atoms with Crippen LogP contribution in [0.15, 0.2) is 18.2 Å². The molecule has 15 heavy (non-hydrogen) atoms. The fourth-order valence-electron chi connectivity index (χ4n) is 1.33. The number of aliphatic hydroxyl groups excluding tert-OH is 1. The lowest BCUT2D eigenvalue weighted by Gasteiger charge is -2.22. The van der Waals surface area contributed by atoms with Crippen molar-refractivity contribution < 1.29 is 14.2 Å². The quantitative estimate of drug-likeness (QED) is 0.829. The highest BCUT2D eigenvalue weighted by atomic mass is 19.1. The Kier molecular flexibility index (Phi) is 3.83. The van der Waals surface area contributed by atoms with E-state index >= 15 is 0 Å². The first-order valence-corrected chi connectivity index (χ1v) is 4.90. The van der Waals surface area contributed by atoms with Crippen LogP contribution in [-0.2, 0) is 16.8 Å². The Morgan fingerprint density at radius 3 is 2.53 bits per heavy atom. The second-order valence-electron chi connectivity index (χ2n) is 4.28. The van der Waals surface area contributed by atoms with Crippen LogP contribution in [0.5, 0.6) is 0 Å². The monoisotopic (exact) mass is 212 g/mol. The molecule has 84 valence electrons. The third-order valence-electron chi connectivity index (χ3n) is 2.53. The maximum atomic E-state index is 13.5. The summed E-state index contributed by atoms with van der Waals surface area (Å²) in [5, 5.41) is 9.16. The van der Waals surface area contributed by atoms with E-state index in [4.69, 9.17) is 9.84 Å². The van der Waals surface area contributed by atoms with Crippen molar-refractivity contribution in [2.45, 2.75) is 25.9 Å². The first-order chi connectivity index (χ1) is 7.01. The molecule has 3 heteroatoms. The number of methoxy groups -OCH3 is 1. The molecule has 0 aromatic heterocycles. The second-order valence-corrected chi connectivity index (χ2v) is 4.28. The van der Waals surface area contributed by atoms with E-state index in [0.29, 0.717) is 5.56 Å². The lowest BCUT2D eigenvalue weighted by atomic mass is 9.85. The lowest BCUT2D eigenvalue weighted by molar-refractivity contribution is 0.181. The standard InChI is InChI=1S/C12H17FO2/c1-12(2,8-14)10-5-4-9(7-15-3)11(13)6-10/h4-6,14H,7-8H2,1-3H3. The number of aliphatic hydroxyl groups is 1. The maximum absolute atomic E-state index is 13.5. The number of halogens is 1. The van der Waals surface area contributed by atoms with Gasteiger partial charge in [0.2, 0.25) is 0 Å². The summed E-state index contributed by atoms with van der Waals surface area (Å²) in [7, 11) is 1.53. The minimum Gasteiger partial charge on any atom is -0.395 e. The van der Waals surface area contributed by atoms with Crippen LogP contribution in [0.25, 0.3) is 0 Å². The van der Waals surface area contributed by atoms with Gasteiger partial charge in [-0.2, -0.15) is 0 Å². The van der Waals surface area contributed by atoms with Crippen molar-refractivity contribution in [3.63, 3.8) is 0 Å². The van der Waals surface area contributed by atoms with Crippen molar-refractivity contribution in [2.75, 3.05) is 13.7 Å². The summed E-state index contributed by atoms with van der Waals surface area (Å²) in [6, 6.07) is 4.99. The highest BCUT2D eigenvalue weighted by Crippen LogP contribution is 2.24. The van der Waals surface area contributed by atoms with Crippen LogP contribution in [0.1, 0.15) is 25.0 Å². The maximum Gasteiger partial charge on any atom is 0.129 e. The molecular formula is C12H17FO2. The van der Waals surface area contributed by atoms with Crippen LogP contribution in [-0.4, -0.2) is 18.8 Å². The van der Waals surface area contributed by atoms with Gasteiger partial charge >= 0.3 is 0 Å². The van der Waals surface area contributed by atoms with Crippen LogP contribution in [0.3, 0.4) is 0 Å². The van der Waals surface area contributed by atoms with Gasteiger partial charge in [0.1, 0.15) is 5.82 Å². The minimum absolute atomic E-state index is 0.00390. The number of hydrogen-bond acceptors (Lipinski definition) is 2. The van der Waals surface area contributed by atoms with E-state index in [9.17, 15) is 4.39 Å². The summed E-state index contributed by atoms with van der Waals surface area (Å²) in [6.07, 6.45) is 0. The van der Waals surface area contributed by atoms with Gasteiger partial charge in [0, 0.05) is 18.1 Å². The van der Waals surface area contributed by atoms with Crippen molar-refractivity contribution in [3.05, 3.63) is 35.1 Å². The highest BCUT2D eigenvalue weighted by molar-refractivity contribution is 5.29. The Bertz CT molecular complexity index is 334. The molecule has 0 aliphatic heterocycles. The molecule has 1 aromatic rings. The Hall–Kier alpha value is -0.930. The Balaban J connectivity index is 3.01. The van der Waals surface area contributed by atoms with Gasteiger partial charge in [0.25, 0.3) is 0 Å². The molecule has 0 atom stereocenters. The molecule has 0 aliphatic rings. The SMILES string of the molecule is COCc1ccc(C(C)(C)CO)cc1F. The third-order valence-corrected chi connectivity index (χ3v) is 2.53. The normalized spacial score (nSPS) is 11.8. The van der Waals surface area contributed by atoms with E-state index in [-0.39, 0.29) is 19.0 Å². The average Bonchev–Trinajstić information content (AvgIpc) is 2.21. The van der Waals surface area contributed by atoms with Crippen molar-refractivity contribution in [1.29, 1.82) is 0 Å². The third kappa shape index (κ3) is 2.76. The molecule has 0 unspecified atom stereocenters. The van der Waals surface area contributed by atoms with Gasteiger partial charge in [0.15, 0.2) is 0 Å². The first kappa shape index (κ1) is 12.1. The summed E-state index contributed by atoms with van der Waals surface area (Å²) in [5.41, 5.74) is 0.921. The molecular weight excluding hydrogens is 195 g/mol. The molecule has 1 aromatic carbocycles. The van der Waals surface area contributed by atoms with E-state index < -0.39 is 5.41 Å². The molecule has 0 heterocycles. The Labute approximate surface area is 89.7 Å². The highest BCUT2D eigenvalue weighted by Gasteiger charge is 2.20. The largest absolute Gasteiger partial charge is 0.395 e. The second kappa shape index (κ2) is 4.73. The molecule has 0 bridgehead atoms. The van der Waals surface area contributed by atoms with Crippen molar-refractivity contribution >= 4 is 0 Å². The zero-order valence-electron chi connectivity index (χ0n) is 9.38. The van der Waals surface area contributed by atoms with E-state index in [2.05, 4.69) is 0 Å². The smallest absolute Gasteiger partial charge is 0.129 e. The molecule has 0 amide bonds. The Morgan fingerprint density at radius 1 is 1.40 bits per heavy atom. The van der Waals surface area contributed by atoms with Crippen LogP contribution in [0, 0.1) is 5.82 Å². The first-order valence-electron chi connectivity index (χ1n) is 4.90. The summed E-state index contributed by atoms with van der Waals surface area (Å²) in [4.78, 5) is 0. The van der Waals surface area contributed by atoms with Crippen LogP contribution in [0.2, 0.25) is 0 Å². The van der Waals surface area contributed by atoms with Gasteiger partial charge in [-0.15, -0.1) is 0 Å². The molecule has 1 rings (SSSR count). The van der Waals surface area contributed by atoms with Crippen molar-refractivity contribution in [3.8, 4) is 0 Å². The lowest BCUT2D eigenvalue weighted by Crippen LogP contribution is -2.22. The molecule has 0 fully saturated rings. The van der Waals surface area contributed by atoms with Gasteiger partial charge < -0.3 is 9.84 Å². The number of ether oxygens (including phenoxy) is 1. The van der Waals surface area contributed by atoms with Gasteiger partial charge in [0.05, 0.1) is 13.2 Å². The molecule has 0 radical (unpaired) electrons. The van der Waals surface area contributed by atoms with Crippen LogP contribution < -0.4 is 0 Å². The van der Waals surface area contributed by atoms with E-state index in [0.717, 1.165) is 5.56 Å². The van der Waals surface area contributed by atoms with Gasteiger partial charge in [-0.05, 0) is 11.6 Å². The molecule has 1 N–H and O–H groups in total. The van der Waals surface area contributed by atoms with Gasteiger partial charge in [-0.1, -0.05) is 26.0 Å². The summed E-state index contributed by atoms with van der Waals surface area (Å²) < 4.78 is 18.4. The minimum atomic E-state index is -0.410. The van der Waals surface area contributed by atoms with Crippen molar-refractivity contribution in [1.82, 2.24) is 0 Å².